The van der Waals surface area contributed by atoms with Crippen LogP contribution in [0.3, 0.4) is 0 Å². The molecule has 1 aromatic carbocycles. The molecule has 1 heterocycles. The quantitative estimate of drug-likeness (QED) is 0.438. The van der Waals surface area contributed by atoms with Crippen LogP contribution in [0.25, 0.3) is 0 Å². The zero-order chi connectivity index (χ0) is 16.5. The Morgan fingerprint density at radius 1 is 1.35 bits per heavy atom. The summed E-state index contributed by atoms with van der Waals surface area (Å²) in [7, 11) is 0. The summed E-state index contributed by atoms with van der Waals surface area (Å²) in [5.74, 6) is 0.727. The number of hydrogen-bond acceptors (Lipinski definition) is 4. The van der Waals surface area contributed by atoms with Gasteiger partial charge in [0.25, 0.3) is 0 Å². The van der Waals surface area contributed by atoms with Crippen LogP contribution >= 0.6 is 0 Å². The van der Waals surface area contributed by atoms with Crippen LogP contribution in [0.5, 0.6) is 5.75 Å². The molecule has 0 saturated heterocycles. The number of ketones is 1. The van der Waals surface area contributed by atoms with E-state index in [1.54, 1.807) is 18.2 Å². The smallest absolute Gasteiger partial charge is 0.220 e. The van der Waals surface area contributed by atoms with Crippen molar-refractivity contribution in [3.05, 3.63) is 41.5 Å². The summed E-state index contributed by atoms with van der Waals surface area (Å²) < 4.78 is 5.59. The monoisotopic (exact) mass is 316 g/mol. The number of Topliss-reactive ketones (excluding diaryl/α,β-unsaturated/α-hetero) is 1. The Morgan fingerprint density at radius 2 is 2.22 bits per heavy atom. The summed E-state index contributed by atoms with van der Waals surface area (Å²) in [5, 5.41) is 6.18. The van der Waals surface area contributed by atoms with Gasteiger partial charge in [0, 0.05) is 25.1 Å². The Hall–Kier alpha value is -2.14. The van der Waals surface area contributed by atoms with E-state index in [1.807, 2.05) is 6.07 Å². The molecule has 124 valence electrons. The van der Waals surface area contributed by atoms with Crippen molar-refractivity contribution in [2.45, 2.75) is 26.2 Å². The number of rotatable bonds is 8. The van der Waals surface area contributed by atoms with Crippen LogP contribution in [0.1, 0.15) is 36.5 Å². The van der Waals surface area contributed by atoms with Gasteiger partial charge in [0.05, 0.1) is 6.61 Å². The molecule has 2 rings (SSSR count). The lowest BCUT2D eigenvalue weighted by Crippen LogP contribution is -2.29. The molecule has 23 heavy (non-hydrogen) atoms. The first-order chi connectivity index (χ1) is 11.1. The standard InChI is InChI=1S/C18H24N2O3/c1-14(21)16-4-2-5-17(12-16)23-11-3-6-18(22)20-13-15-7-9-19-10-8-15/h2,4-5,7,12,19H,3,6,8-11,13H2,1H3,(H,20,22). The molecule has 0 atom stereocenters. The van der Waals surface area contributed by atoms with Gasteiger partial charge in [0.1, 0.15) is 5.75 Å². The predicted octanol–water partition coefficient (Wildman–Crippen LogP) is 2.08. The van der Waals surface area contributed by atoms with Gasteiger partial charge in [-0.1, -0.05) is 23.8 Å². The maximum Gasteiger partial charge on any atom is 0.220 e. The van der Waals surface area contributed by atoms with Gasteiger partial charge in [-0.15, -0.1) is 0 Å². The fraction of sp³-hybridized carbons (Fsp3) is 0.444. The molecule has 0 aromatic heterocycles. The minimum atomic E-state index is 0.0158. The van der Waals surface area contributed by atoms with E-state index in [9.17, 15) is 9.59 Å². The van der Waals surface area contributed by atoms with Gasteiger partial charge in [-0.25, -0.2) is 0 Å². The Labute approximate surface area is 137 Å². The Kier molecular flexibility index (Phi) is 6.81. The third kappa shape index (κ3) is 6.24. The van der Waals surface area contributed by atoms with E-state index in [-0.39, 0.29) is 11.7 Å². The van der Waals surface area contributed by atoms with Crippen molar-refractivity contribution in [2.75, 3.05) is 26.2 Å². The largest absolute Gasteiger partial charge is 0.494 e. The SMILES string of the molecule is CC(=O)c1cccc(OCCCC(=O)NCC2=CCNCC2)c1. The molecule has 0 radical (unpaired) electrons. The van der Waals surface area contributed by atoms with Gasteiger partial charge in [0.15, 0.2) is 5.78 Å². The average molecular weight is 316 g/mol. The molecule has 0 aliphatic carbocycles. The second-order valence-electron chi connectivity index (χ2n) is 5.63. The van der Waals surface area contributed by atoms with E-state index < -0.39 is 0 Å². The normalized spacial score (nSPS) is 14.0. The highest BCUT2D eigenvalue weighted by molar-refractivity contribution is 5.94. The van der Waals surface area contributed by atoms with Crippen LogP contribution in [0.2, 0.25) is 0 Å². The van der Waals surface area contributed by atoms with Gasteiger partial charge in [-0.05, 0) is 38.4 Å². The summed E-state index contributed by atoms with van der Waals surface area (Å²) in [4.78, 5) is 23.1. The van der Waals surface area contributed by atoms with Crippen LogP contribution in [0, 0.1) is 0 Å². The third-order valence-corrected chi connectivity index (χ3v) is 3.73. The molecule has 1 aromatic rings. The van der Waals surface area contributed by atoms with E-state index in [4.69, 9.17) is 4.74 Å². The molecule has 5 heteroatoms. The van der Waals surface area contributed by atoms with Crippen molar-refractivity contribution in [1.82, 2.24) is 10.6 Å². The molecular weight excluding hydrogens is 292 g/mol. The number of carbonyl (C=O) groups is 2. The van der Waals surface area contributed by atoms with Gasteiger partial charge >= 0.3 is 0 Å². The van der Waals surface area contributed by atoms with E-state index in [0.29, 0.717) is 37.3 Å². The molecule has 5 nitrogen and oxygen atoms in total. The molecule has 2 N–H and O–H groups in total. The van der Waals surface area contributed by atoms with Crippen LogP contribution in [0.15, 0.2) is 35.9 Å². The van der Waals surface area contributed by atoms with Crippen LogP contribution in [0.4, 0.5) is 0 Å². The maximum absolute atomic E-state index is 11.8. The van der Waals surface area contributed by atoms with E-state index in [0.717, 1.165) is 19.5 Å². The van der Waals surface area contributed by atoms with Crippen molar-refractivity contribution in [2.24, 2.45) is 0 Å². The fourth-order valence-corrected chi connectivity index (χ4v) is 2.36. The topological polar surface area (TPSA) is 67.4 Å². The van der Waals surface area contributed by atoms with E-state index in [2.05, 4.69) is 16.7 Å². The van der Waals surface area contributed by atoms with Gasteiger partial charge in [0.2, 0.25) is 5.91 Å². The van der Waals surface area contributed by atoms with Crippen LogP contribution in [-0.4, -0.2) is 37.9 Å². The summed E-state index contributed by atoms with van der Waals surface area (Å²) in [6.45, 7) is 4.50. The Bertz CT molecular complexity index is 581. The summed E-state index contributed by atoms with van der Waals surface area (Å²) in [6, 6.07) is 7.10. The van der Waals surface area contributed by atoms with Crippen LogP contribution < -0.4 is 15.4 Å². The molecule has 1 aliphatic rings. The van der Waals surface area contributed by atoms with Gasteiger partial charge < -0.3 is 15.4 Å². The summed E-state index contributed by atoms with van der Waals surface area (Å²) >= 11 is 0. The molecule has 0 fully saturated rings. The van der Waals surface area contributed by atoms with Crippen molar-refractivity contribution in [1.29, 1.82) is 0 Å². The minimum Gasteiger partial charge on any atom is -0.494 e. The highest BCUT2D eigenvalue weighted by Gasteiger charge is 2.06. The Balaban J connectivity index is 1.63. The second-order valence-corrected chi connectivity index (χ2v) is 5.63. The van der Waals surface area contributed by atoms with E-state index in [1.165, 1.54) is 12.5 Å². The first kappa shape index (κ1) is 17.2. The zero-order valence-corrected chi connectivity index (χ0v) is 13.6. The van der Waals surface area contributed by atoms with Gasteiger partial charge in [-0.2, -0.15) is 0 Å². The first-order valence-electron chi connectivity index (χ1n) is 8.04. The van der Waals surface area contributed by atoms with Gasteiger partial charge in [-0.3, -0.25) is 9.59 Å². The molecule has 0 bridgehead atoms. The van der Waals surface area contributed by atoms with Crippen LogP contribution in [-0.2, 0) is 4.79 Å². The zero-order valence-electron chi connectivity index (χ0n) is 13.6. The van der Waals surface area contributed by atoms with Crippen molar-refractivity contribution in [3.8, 4) is 5.75 Å². The fourth-order valence-electron chi connectivity index (χ4n) is 2.36. The molecule has 0 spiro atoms. The number of hydrogen-bond donors (Lipinski definition) is 2. The van der Waals surface area contributed by atoms with Crippen molar-refractivity contribution >= 4 is 11.7 Å². The minimum absolute atomic E-state index is 0.0158. The molecule has 1 amide bonds. The molecule has 1 aliphatic heterocycles. The lowest BCUT2D eigenvalue weighted by molar-refractivity contribution is -0.121. The number of benzene rings is 1. The van der Waals surface area contributed by atoms with Crippen molar-refractivity contribution < 1.29 is 14.3 Å². The first-order valence-corrected chi connectivity index (χ1v) is 8.04. The maximum atomic E-state index is 11.8. The highest BCUT2D eigenvalue weighted by atomic mass is 16.5. The molecular formula is C18H24N2O3. The summed E-state index contributed by atoms with van der Waals surface area (Å²) in [5.41, 5.74) is 1.92. The highest BCUT2D eigenvalue weighted by Crippen LogP contribution is 2.14. The third-order valence-electron chi connectivity index (χ3n) is 3.73. The average Bonchev–Trinajstić information content (AvgIpc) is 2.58. The summed E-state index contributed by atoms with van der Waals surface area (Å²) in [6.07, 6.45) is 4.22. The lowest BCUT2D eigenvalue weighted by Gasteiger charge is -2.14. The Morgan fingerprint density at radius 3 is 2.96 bits per heavy atom. The number of nitrogens with one attached hydrogen (secondary N) is 2. The van der Waals surface area contributed by atoms with E-state index >= 15 is 0 Å². The predicted molar refractivity (Wildman–Crippen MR) is 89.8 cm³/mol. The number of carbonyl (C=O) groups excluding carboxylic acids is 2. The number of amides is 1. The second kappa shape index (κ2) is 9.10. The molecule has 0 saturated carbocycles. The molecule has 0 unspecified atom stereocenters. The lowest BCUT2D eigenvalue weighted by atomic mass is 10.1. The van der Waals surface area contributed by atoms with Crippen molar-refractivity contribution in [3.63, 3.8) is 0 Å². The number of ether oxygens (including phenoxy) is 1.